The van der Waals surface area contributed by atoms with Crippen LogP contribution >= 0.6 is 23.1 Å². The number of thiophene rings is 1. The van der Waals surface area contributed by atoms with Gasteiger partial charge in [-0.05, 0) is 61.7 Å². The van der Waals surface area contributed by atoms with E-state index in [9.17, 15) is 22.8 Å². The quantitative estimate of drug-likeness (QED) is 0.211. The first-order valence-corrected chi connectivity index (χ1v) is 13.1. The van der Waals surface area contributed by atoms with Gasteiger partial charge in [-0.15, -0.1) is 11.3 Å². The molecule has 0 aliphatic rings. The zero-order chi connectivity index (χ0) is 26.0. The number of aromatic nitrogens is 2. The van der Waals surface area contributed by atoms with Crippen molar-refractivity contribution in [2.75, 3.05) is 11.1 Å². The summed E-state index contributed by atoms with van der Waals surface area (Å²) >= 11 is 2.55. The second kappa shape index (κ2) is 10.5. The molecule has 0 unspecified atom stereocenters. The third kappa shape index (κ3) is 5.49. The molecule has 0 bridgehead atoms. The van der Waals surface area contributed by atoms with Crippen LogP contribution in [0.2, 0.25) is 0 Å². The van der Waals surface area contributed by atoms with E-state index < -0.39 is 17.6 Å². The van der Waals surface area contributed by atoms with Crippen LogP contribution in [0, 0.1) is 13.8 Å². The normalized spacial score (nSPS) is 11.7. The van der Waals surface area contributed by atoms with Crippen LogP contribution in [0.5, 0.6) is 0 Å². The SMILES string of the molecule is CCCc1sc2nc(SCC(=O)Nc3cccc(C(F)(F)F)c3)n(-c3cccc(C)c3)c(=O)c2c1C. The van der Waals surface area contributed by atoms with Crippen molar-refractivity contribution in [2.45, 2.75) is 44.9 Å². The van der Waals surface area contributed by atoms with Crippen molar-refractivity contribution < 1.29 is 18.0 Å². The van der Waals surface area contributed by atoms with Gasteiger partial charge in [0.15, 0.2) is 5.16 Å². The Morgan fingerprint density at radius 2 is 1.89 bits per heavy atom. The number of nitrogens with zero attached hydrogens (tertiary/aromatic N) is 2. The number of benzene rings is 2. The zero-order valence-corrected chi connectivity index (χ0v) is 21.5. The van der Waals surface area contributed by atoms with E-state index in [-0.39, 0.29) is 17.0 Å². The number of hydrogen-bond acceptors (Lipinski definition) is 5. The molecule has 0 atom stereocenters. The summed E-state index contributed by atoms with van der Waals surface area (Å²) in [7, 11) is 0. The lowest BCUT2D eigenvalue weighted by Gasteiger charge is -2.13. The number of hydrogen-bond donors (Lipinski definition) is 1. The fourth-order valence-electron chi connectivity index (χ4n) is 3.87. The summed E-state index contributed by atoms with van der Waals surface area (Å²) in [4.78, 5) is 32.8. The fourth-order valence-corrected chi connectivity index (χ4v) is 6.00. The van der Waals surface area contributed by atoms with E-state index in [1.54, 1.807) is 0 Å². The maximum atomic E-state index is 13.7. The molecule has 2 heterocycles. The number of amides is 1. The highest BCUT2D eigenvalue weighted by molar-refractivity contribution is 7.99. The summed E-state index contributed by atoms with van der Waals surface area (Å²) in [6.45, 7) is 5.93. The van der Waals surface area contributed by atoms with E-state index in [4.69, 9.17) is 4.98 Å². The van der Waals surface area contributed by atoms with Crippen LogP contribution in [0.3, 0.4) is 0 Å². The van der Waals surface area contributed by atoms with Crippen LogP contribution in [0.15, 0.2) is 58.5 Å². The van der Waals surface area contributed by atoms with Crippen LogP contribution in [-0.4, -0.2) is 21.2 Å². The lowest BCUT2D eigenvalue weighted by Crippen LogP contribution is -2.23. The minimum Gasteiger partial charge on any atom is -0.325 e. The minimum absolute atomic E-state index is 0.0491. The third-order valence-corrected chi connectivity index (χ3v) is 7.76. The summed E-state index contributed by atoms with van der Waals surface area (Å²) in [6, 6.07) is 11.9. The van der Waals surface area contributed by atoms with Gasteiger partial charge in [0, 0.05) is 10.6 Å². The third-order valence-electron chi connectivity index (χ3n) is 5.58. The largest absolute Gasteiger partial charge is 0.416 e. The van der Waals surface area contributed by atoms with Gasteiger partial charge in [0.05, 0.1) is 22.4 Å². The molecule has 0 saturated carbocycles. The molecule has 10 heteroatoms. The van der Waals surface area contributed by atoms with Crippen molar-refractivity contribution in [2.24, 2.45) is 0 Å². The predicted octanol–water partition coefficient (Wildman–Crippen LogP) is 6.77. The number of aryl methyl sites for hydroxylation is 3. The Morgan fingerprint density at radius 1 is 1.14 bits per heavy atom. The highest BCUT2D eigenvalue weighted by Crippen LogP contribution is 2.32. The van der Waals surface area contributed by atoms with E-state index in [0.29, 0.717) is 21.1 Å². The number of rotatable bonds is 7. The van der Waals surface area contributed by atoms with Crippen molar-refractivity contribution in [1.29, 1.82) is 0 Å². The van der Waals surface area contributed by atoms with Crippen LogP contribution in [-0.2, 0) is 17.4 Å². The predicted molar refractivity (Wildman–Crippen MR) is 139 cm³/mol. The number of carbonyl (C=O) groups is 1. The van der Waals surface area contributed by atoms with Gasteiger partial charge < -0.3 is 5.32 Å². The molecule has 5 nitrogen and oxygen atoms in total. The second-order valence-electron chi connectivity index (χ2n) is 8.37. The Balaban J connectivity index is 1.68. The summed E-state index contributed by atoms with van der Waals surface area (Å²) in [5.74, 6) is -0.634. The second-order valence-corrected chi connectivity index (χ2v) is 10.4. The van der Waals surface area contributed by atoms with Gasteiger partial charge in [0.2, 0.25) is 5.91 Å². The molecule has 0 aliphatic heterocycles. The van der Waals surface area contributed by atoms with E-state index in [1.165, 1.54) is 28.0 Å². The number of anilines is 1. The maximum absolute atomic E-state index is 13.7. The van der Waals surface area contributed by atoms with E-state index in [1.807, 2.05) is 38.1 Å². The molecule has 2 aromatic heterocycles. The molecule has 2 aromatic carbocycles. The van der Waals surface area contributed by atoms with Crippen molar-refractivity contribution in [3.63, 3.8) is 0 Å². The van der Waals surface area contributed by atoms with E-state index >= 15 is 0 Å². The molecule has 0 spiro atoms. The lowest BCUT2D eigenvalue weighted by molar-refractivity contribution is -0.137. The van der Waals surface area contributed by atoms with E-state index in [0.717, 1.165) is 52.7 Å². The molecule has 36 heavy (non-hydrogen) atoms. The van der Waals surface area contributed by atoms with Crippen molar-refractivity contribution >= 4 is 44.9 Å². The molecular formula is C26H24F3N3O2S2. The summed E-state index contributed by atoms with van der Waals surface area (Å²) in [6.07, 6.45) is -2.72. The van der Waals surface area contributed by atoms with Gasteiger partial charge in [-0.3, -0.25) is 14.2 Å². The first kappa shape index (κ1) is 26.0. The Labute approximate surface area is 214 Å². The van der Waals surface area contributed by atoms with E-state index in [2.05, 4.69) is 12.2 Å². The molecule has 0 radical (unpaired) electrons. The standard InChI is InChI=1S/C26H24F3N3O2S2/c1-4-7-20-16(3)22-23(36-20)31-25(32(24(22)34)19-11-5-8-15(2)12-19)35-14-21(33)30-18-10-6-9-17(13-18)26(27,28)29/h5-6,8-13H,4,7,14H2,1-3H3,(H,30,33). The van der Waals surface area contributed by atoms with Gasteiger partial charge in [-0.2, -0.15) is 13.2 Å². The number of fused-ring (bicyclic) bond motifs is 1. The molecule has 0 saturated heterocycles. The smallest absolute Gasteiger partial charge is 0.325 e. The van der Waals surface area contributed by atoms with Crippen LogP contribution in [0.4, 0.5) is 18.9 Å². The van der Waals surface area contributed by atoms with Gasteiger partial charge in [0.25, 0.3) is 5.56 Å². The summed E-state index contributed by atoms with van der Waals surface area (Å²) in [5.41, 5.74) is 1.53. The van der Waals surface area contributed by atoms with Crippen molar-refractivity contribution in [1.82, 2.24) is 9.55 Å². The number of thioether (sulfide) groups is 1. The Hall–Kier alpha value is -3.11. The number of nitrogens with one attached hydrogen (secondary N) is 1. The highest BCUT2D eigenvalue weighted by atomic mass is 32.2. The Bertz CT molecular complexity index is 1490. The van der Waals surface area contributed by atoms with Crippen LogP contribution < -0.4 is 10.9 Å². The summed E-state index contributed by atoms with van der Waals surface area (Å²) < 4.78 is 40.5. The summed E-state index contributed by atoms with van der Waals surface area (Å²) in [5, 5.41) is 3.42. The van der Waals surface area contributed by atoms with Crippen molar-refractivity contribution in [3.8, 4) is 5.69 Å². The van der Waals surface area contributed by atoms with Crippen molar-refractivity contribution in [3.05, 3.63) is 80.5 Å². The topological polar surface area (TPSA) is 64.0 Å². The van der Waals surface area contributed by atoms with Crippen LogP contribution in [0.25, 0.3) is 15.9 Å². The Kier molecular flexibility index (Phi) is 7.56. The monoisotopic (exact) mass is 531 g/mol. The van der Waals surface area contributed by atoms with Gasteiger partial charge in [-0.25, -0.2) is 4.98 Å². The maximum Gasteiger partial charge on any atom is 0.416 e. The molecule has 1 amide bonds. The van der Waals surface area contributed by atoms with Gasteiger partial charge in [-0.1, -0.05) is 43.3 Å². The number of carbonyl (C=O) groups excluding carboxylic acids is 1. The molecule has 1 N–H and O–H groups in total. The fraction of sp³-hybridized carbons (Fsp3) is 0.269. The van der Waals surface area contributed by atoms with Crippen LogP contribution in [0.1, 0.15) is 34.9 Å². The number of halogens is 3. The van der Waals surface area contributed by atoms with Gasteiger partial charge >= 0.3 is 6.18 Å². The molecule has 4 rings (SSSR count). The molecular weight excluding hydrogens is 507 g/mol. The average Bonchev–Trinajstić information content (AvgIpc) is 3.13. The molecule has 4 aromatic rings. The Morgan fingerprint density at radius 3 is 2.58 bits per heavy atom. The first-order chi connectivity index (χ1) is 17.1. The lowest BCUT2D eigenvalue weighted by atomic mass is 10.1. The minimum atomic E-state index is -4.51. The first-order valence-electron chi connectivity index (χ1n) is 11.3. The average molecular weight is 532 g/mol. The highest BCUT2D eigenvalue weighted by Gasteiger charge is 2.30. The molecule has 0 fully saturated rings. The molecule has 0 aliphatic carbocycles. The molecule has 188 valence electrons. The van der Waals surface area contributed by atoms with Gasteiger partial charge in [0.1, 0.15) is 4.83 Å². The number of alkyl halides is 3. The zero-order valence-electron chi connectivity index (χ0n) is 19.9.